The number of rotatable bonds is 1. The summed E-state index contributed by atoms with van der Waals surface area (Å²) in [7, 11) is 0. The number of pyridine rings is 1. The van der Waals surface area contributed by atoms with Crippen molar-refractivity contribution in [2.75, 3.05) is 0 Å². The van der Waals surface area contributed by atoms with Crippen molar-refractivity contribution in [1.82, 2.24) is 4.98 Å². The minimum Gasteiger partial charge on any atom is -0.252 e. The van der Waals surface area contributed by atoms with Crippen molar-refractivity contribution in [2.45, 2.75) is 20.3 Å². The van der Waals surface area contributed by atoms with Crippen molar-refractivity contribution in [3.8, 4) is 0 Å². The smallest absolute Gasteiger partial charge is 0.252 e. The van der Waals surface area contributed by atoms with Crippen molar-refractivity contribution in [2.24, 2.45) is 0 Å². The Kier molecular flexibility index (Phi) is 2.17. The third kappa shape index (κ3) is 1.73. The third-order valence-electron chi connectivity index (χ3n) is 1.48. The first-order valence-corrected chi connectivity index (χ1v) is 3.33. The molecule has 0 aliphatic rings. The largest absolute Gasteiger partial charge is 0.280 e. The minimum absolute atomic E-state index is 0.106. The van der Waals surface area contributed by atoms with Gasteiger partial charge in [0.15, 0.2) is 0 Å². The molecule has 0 saturated heterocycles. The SMILES string of the molecule is Cc1ccc(C)c(C(F)F)n1. The average Bonchev–Trinajstić information content (AvgIpc) is 1.94. The summed E-state index contributed by atoms with van der Waals surface area (Å²) in [5.41, 5.74) is 1.07. The Morgan fingerprint density at radius 2 is 1.91 bits per heavy atom. The molecule has 1 aromatic rings. The van der Waals surface area contributed by atoms with Crippen molar-refractivity contribution in [3.63, 3.8) is 0 Å². The number of hydrogen-bond acceptors (Lipinski definition) is 1. The molecule has 0 aliphatic carbocycles. The van der Waals surface area contributed by atoms with Crippen LogP contribution in [0.25, 0.3) is 0 Å². The van der Waals surface area contributed by atoms with Gasteiger partial charge in [-0.1, -0.05) is 6.07 Å². The van der Waals surface area contributed by atoms with E-state index in [1.807, 2.05) is 0 Å². The fourth-order valence-corrected chi connectivity index (χ4v) is 0.867. The monoisotopic (exact) mass is 157 g/mol. The second-order valence-corrected chi connectivity index (χ2v) is 2.46. The van der Waals surface area contributed by atoms with Crippen molar-refractivity contribution in [3.05, 3.63) is 29.1 Å². The lowest BCUT2D eigenvalue weighted by molar-refractivity contribution is 0.145. The van der Waals surface area contributed by atoms with Gasteiger partial charge in [0.2, 0.25) is 0 Å². The first kappa shape index (κ1) is 8.11. The summed E-state index contributed by atoms with van der Waals surface area (Å²) >= 11 is 0. The zero-order chi connectivity index (χ0) is 8.43. The van der Waals surface area contributed by atoms with Crippen LogP contribution in [0.4, 0.5) is 8.78 Å². The molecular formula is C8H9F2N. The topological polar surface area (TPSA) is 12.9 Å². The van der Waals surface area contributed by atoms with Crippen LogP contribution in [-0.4, -0.2) is 4.98 Å². The Labute approximate surface area is 64.1 Å². The molecule has 0 atom stereocenters. The summed E-state index contributed by atoms with van der Waals surface area (Å²) in [4.78, 5) is 3.72. The summed E-state index contributed by atoms with van der Waals surface area (Å²) in [6.07, 6.45) is -2.46. The fourth-order valence-electron chi connectivity index (χ4n) is 0.867. The summed E-state index contributed by atoms with van der Waals surface area (Å²) in [5.74, 6) is 0. The second-order valence-electron chi connectivity index (χ2n) is 2.46. The highest BCUT2D eigenvalue weighted by Gasteiger charge is 2.11. The second kappa shape index (κ2) is 2.95. The third-order valence-corrected chi connectivity index (χ3v) is 1.48. The number of aryl methyl sites for hydroxylation is 2. The Balaban J connectivity index is 3.13. The van der Waals surface area contributed by atoms with Gasteiger partial charge in [0.05, 0.1) is 0 Å². The van der Waals surface area contributed by atoms with Crippen LogP contribution in [0, 0.1) is 13.8 Å². The van der Waals surface area contributed by atoms with Crippen molar-refractivity contribution >= 4 is 0 Å². The highest BCUT2D eigenvalue weighted by atomic mass is 19.3. The molecule has 0 fully saturated rings. The molecule has 0 amide bonds. The maximum absolute atomic E-state index is 12.1. The van der Waals surface area contributed by atoms with Gasteiger partial charge >= 0.3 is 0 Å². The van der Waals surface area contributed by atoms with Crippen LogP contribution in [0.2, 0.25) is 0 Å². The zero-order valence-electron chi connectivity index (χ0n) is 6.44. The highest BCUT2D eigenvalue weighted by Crippen LogP contribution is 2.19. The van der Waals surface area contributed by atoms with E-state index in [-0.39, 0.29) is 5.69 Å². The summed E-state index contributed by atoms with van der Waals surface area (Å²) in [6, 6.07) is 3.38. The van der Waals surface area contributed by atoms with E-state index in [9.17, 15) is 8.78 Å². The van der Waals surface area contributed by atoms with Gasteiger partial charge < -0.3 is 0 Å². The number of alkyl halides is 2. The lowest BCUT2D eigenvalue weighted by Crippen LogP contribution is -1.95. The van der Waals surface area contributed by atoms with E-state index >= 15 is 0 Å². The molecule has 0 spiro atoms. The summed E-state index contributed by atoms with van der Waals surface area (Å²) in [5, 5.41) is 0. The molecule has 0 saturated carbocycles. The molecule has 0 radical (unpaired) electrons. The summed E-state index contributed by atoms with van der Waals surface area (Å²) in [6.45, 7) is 3.33. The molecule has 0 bridgehead atoms. The molecule has 1 nitrogen and oxygen atoms in total. The van der Waals surface area contributed by atoms with E-state index in [0.717, 1.165) is 0 Å². The van der Waals surface area contributed by atoms with Gasteiger partial charge in [-0.2, -0.15) is 0 Å². The Morgan fingerprint density at radius 1 is 1.27 bits per heavy atom. The van der Waals surface area contributed by atoms with Gasteiger partial charge in [-0.25, -0.2) is 8.78 Å². The molecular weight excluding hydrogens is 148 g/mol. The lowest BCUT2D eigenvalue weighted by Gasteiger charge is -2.03. The Hall–Kier alpha value is -0.990. The standard InChI is InChI=1S/C8H9F2N/c1-5-3-4-6(2)11-7(5)8(9)10/h3-4,8H,1-2H3. The predicted octanol–water partition coefficient (Wildman–Crippen LogP) is 2.64. The number of hydrogen-bond donors (Lipinski definition) is 0. The number of nitrogens with zero attached hydrogens (tertiary/aromatic N) is 1. The van der Waals surface area contributed by atoms with E-state index in [4.69, 9.17) is 0 Å². The average molecular weight is 157 g/mol. The van der Waals surface area contributed by atoms with E-state index in [2.05, 4.69) is 4.98 Å². The van der Waals surface area contributed by atoms with Gasteiger partial charge in [-0.15, -0.1) is 0 Å². The van der Waals surface area contributed by atoms with E-state index in [0.29, 0.717) is 11.3 Å². The van der Waals surface area contributed by atoms with E-state index < -0.39 is 6.43 Å². The maximum Gasteiger partial charge on any atom is 0.280 e. The van der Waals surface area contributed by atoms with Gasteiger partial charge in [-0.05, 0) is 25.5 Å². The van der Waals surface area contributed by atoms with Gasteiger partial charge in [0, 0.05) is 5.69 Å². The van der Waals surface area contributed by atoms with Crippen LogP contribution >= 0.6 is 0 Å². The lowest BCUT2D eigenvalue weighted by atomic mass is 10.2. The van der Waals surface area contributed by atoms with E-state index in [1.165, 1.54) is 0 Å². The molecule has 0 aromatic carbocycles. The molecule has 0 unspecified atom stereocenters. The highest BCUT2D eigenvalue weighted by molar-refractivity contribution is 5.21. The Bertz CT molecular complexity index is 258. The van der Waals surface area contributed by atoms with Crippen LogP contribution in [0.1, 0.15) is 23.4 Å². The predicted molar refractivity (Wildman–Crippen MR) is 38.7 cm³/mol. The van der Waals surface area contributed by atoms with Crippen molar-refractivity contribution < 1.29 is 8.78 Å². The van der Waals surface area contributed by atoms with Crippen LogP contribution in [0.5, 0.6) is 0 Å². The molecule has 1 aromatic heterocycles. The van der Waals surface area contributed by atoms with Crippen LogP contribution in [0.15, 0.2) is 12.1 Å². The molecule has 3 heteroatoms. The van der Waals surface area contributed by atoms with Crippen LogP contribution in [-0.2, 0) is 0 Å². The molecule has 11 heavy (non-hydrogen) atoms. The first-order valence-electron chi connectivity index (χ1n) is 3.33. The molecule has 1 rings (SSSR count). The fraction of sp³-hybridized carbons (Fsp3) is 0.375. The first-order chi connectivity index (χ1) is 5.11. The number of aromatic nitrogens is 1. The Morgan fingerprint density at radius 3 is 2.36 bits per heavy atom. The molecule has 0 aliphatic heterocycles. The normalized spacial score (nSPS) is 10.6. The van der Waals surface area contributed by atoms with Crippen molar-refractivity contribution in [1.29, 1.82) is 0 Å². The molecule has 60 valence electrons. The zero-order valence-corrected chi connectivity index (χ0v) is 6.44. The molecule has 0 N–H and O–H groups in total. The van der Waals surface area contributed by atoms with Crippen LogP contribution in [0.3, 0.4) is 0 Å². The van der Waals surface area contributed by atoms with Gasteiger partial charge in [0.25, 0.3) is 6.43 Å². The minimum atomic E-state index is -2.46. The maximum atomic E-state index is 12.1. The quantitative estimate of drug-likeness (QED) is 0.610. The summed E-state index contributed by atoms with van der Waals surface area (Å²) < 4.78 is 24.3. The molecule has 1 heterocycles. The van der Waals surface area contributed by atoms with Crippen LogP contribution < -0.4 is 0 Å². The number of halogens is 2. The van der Waals surface area contributed by atoms with E-state index in [1.54, 1.807) is 26.0 Å². The van der Waals surface area contributed by atoms with Gasteiger partial charge in [0.1, 0.15) is 5.69 Å². The van der Waals surface area contributed by atoms with Gasteiger partial charge in [-0.3, -0.25) is 4.98 Å².